The van der Waals surface area contributed by atoms with Crippen LogP contribution in [0.4, 0.5) is 11.4 Å². The van der Waals surface area contributed by atoms with Gasteiger partial charge >= 0.3 is 0 Å². The van der Waals surface area contributed by atoms with Crippen LogP contribution in [0.5, 0.6) is 0 Å². The van der Waals surface area contributed by atoms with Gasteiger partial charge in [-0.1, -0.05) is 5.16 Å². The van der Waals surface area contributed by atoms with Gasteiger partial charge in [-0.2, -0.15) is 0 Å². The minimum atomic E-state index is -0.305. The van der Waals surface area contributed by atoms with Crippen LogP contribution in [0.25, 0.3) is 0 Å². The molecule has 0 aliphatic heterocycles. The van der Waals surface area contributed by atoms with Gasteiger partial charge in [-0.3, -0.25) is 9.78 Å². The van der Waals surface area contributed by atoms with Crippen molar-refractivity contribution in [1.82, 2.24) is 10.1 Å². The minimum Gasteiger partial charge on any atom is -0.388 e. The molecular formula is C10H10N4O2. The third-order valence-electron chi connectivity index (χ3n) is 1.97. The zero-order valence-electron chi connectivity index (χ0n) is 8.60. The Kier molecular flexibility index (Phi) is 2.81. The summed E-state index contributed by atoms with van der Waals surface area (Å²) in [5, 5.41) is 9.01. The Hall–Kier alpha value is -2.37. The predicted molar refractivity (Wildman–Crippen MR) is 58.2 cm³/mol. The first-order chi connectivity index (χ1) is 7.79. The number of nitrogens with zero attached hydrogens (tertiary/aromatic N) is 2. The van der Waals surface area contributed by atoms with E-state index in [-0.39, 0.29) is 5.91 Å². The van der Waals surface area contributed by atoms with Crippen LogP contribution in [-0.2, 0) is 0 Å². The summed E-state index contributed by atoms with van der Waals surface area (Å²) in [6.07, 6.45) is 4.33. The molecule has 6 nitrogen and oxygen atoms in total. The summed E-state index contributed by atoms with van der Waals surface area (Å²) in [6, 6.07) is 3.43. The third kappa shape index (κ3) is 2.17. The van der Waals surface area contributed by atoms with Crippen LogP contribution in [0.15, 0.2) is 35.3 Å². The molecule has 16 heavy (non-hydrogen) atoms. The van der Waals surface area contributed by atoms with Gasteiger partial charge in [-0.25, -0.2) is 0 Å². The topological polar surface area (TPSA) is 80.0 Å². The summed E-state index contributed by atoms with van der Waals surface area (Å²) in [6.45, 7) is 0. The standard InChI is InChI=1S/C10H10N4O2/c1-11-7-2-3-12-9(4-7)10(15)14-8-5-13-16-6-8/h2-6H,1H3,(H,11,12)(H,14,15). The number of hydrogen-bond donors (Lipinski definition) is 2. The van der Waals surface area contributed by atoms with E-state index in [1.807, 2.05) is 0 Å². The van der Waals surface area contributed by atoms with E-state index in [1.165, 1.54) is 12.5 Å². The summed E-state index contributed by atoms with van der Waals surface area (Å²) in [5.41, 5.74) is 1.65. The van der Waals surface area contributed by atoms with Gasteiger partial charge in [0.2, 0.25) is 0 Å². The zero-order valence-corrected chi connectivity index (χ0v) is 8.60. The molecule has 0 bridgehead atoms. The molecule has 2 N–H and O–H groups in total. The third-order valence-corrected chi connectivity index (χ3v) is 1.97. The van der Waals surface area contributed by atoms with Crippen LogP contribution in [0.1, 0.15) is 10.5 Å². The highest BCUT2D eigenvalue weighted by molar-refractivity contribution is 6.03. The molecule has 0 saturated carbocycles. The lowest BCUT2D eigenvalue weighted by Crippen LogP contribution is -2.13. The fourth-order valence-corrected chi connectivity index (χ4v) is 1.17. The molecule has 0 spiro atoms. The van der Waals surface area contributed by atoms with Crippen molar-refractivity contribution in [1.29, 1.82) is 0 Å². The van der Waals surface area contributed by atoms with Crippen LogP contribution in [0.2, 0.25) is 0 Å². The SMILES string of the molecule is CNc1ccnc(C(=O)Nc2cnoc2)c1. The molecule has 0 aromatic carbocycles. The Balaban J connectivity index is 2.14. The number of amides is 1. The fraction of sp³-hybridized carbons (Fsp3) is 0.100. The Morgan fingerprint density at radius 3 is 3.00 bits per heavy atom. The highest BCUT2D eigenvalue weighted by Crippen LogP contribution is 2.10. The number of pyridine rings is 1. The highest BCUT2D eigenvalue weighted by atomic mass is 16.5. The first kappa shape index (κ1) is 10.2. The smallest absolute Gasteiger partial charge is 0.274 e. The summed E-state index contributed by atoms with van der Waals surface area (Å²) < 4.78 is 4.60. The van der Waals surface area contributed by atoms with Gasteiger partial charge in [0.1, 0.15) is 17.6 Å². The maximum atomic E-state index is 11.7. The zero-order chi connectivity index (χ0) is 11.4. The molecule has 6 heteroatoms. The first-order valence-electron chi connectivity index (χ1n) is 4.64. The molecular weight excluding hydrogens is 208 g/mol. The summed E-state index contributed by atoms with van der Waals surface area (Å²) >= 11 is 0. The lowest BCUT2D eigenvalue weighted by molar-refractivity contribution is 0.102. The van der Waals surface area contributed by atoms with Crippen molar-refractivity contribution in [2.24, 2.45) is 0 Å². The second-order valence-corrected chi connectivity index (χ2v) is 3.05. The van der Waals surface area contributed by atoms with Gasteiger partial charge in [0, 0.05) is 18.9 Å². The lowest BCUT2D eigenvalue weighted by Gasteiger charge is -2.03. The van der Waals surface area contributed by atoms with E-state index in [0.717, 1.165) is 5.69 Å². The lowest BCUT2D eigenvalue weighted by atomic mass is 10.3. The number of anilines is 2. The van der Waals surface area contributed by atoms with Crippen molar-refractivity contribution in [3.05, 3.63) is 36.5 Å². The van der Waals surface area contributed by atoms with Crippen LogP contribution in [0, 0.1) is 0 Å². The number of aromatic nitrogens is 2. The Morgan fingerprint density at radius 1 is 1.44 bits per heavy atom. The number of rotatable bonds is 3. The van der Waals surface area contributed by atoms with E-state index < -0.39 is 0 Å². The van der Waals surface area contributed by atoms with E-state index in [2.05, 4.69) is 25.3 Å². The summed E-state index contributed by atoms with van der Waals surface area (Å²) in [4.78, 5) is 15.7. The molecule has 0 atom stereocenters. The Bertz CT molecular complexity index is 481. The molecule has 2 rings (SSSR count). The van der Waals surface area contributed by atoms with E-state index in [1.54, 1.807) is 25.4 Å². The quantitative estimate of drug-likeness (QED) is 0.813. The number of carbonyl (C=O) groups is 1. The van der Waals surface area contributed by atoms with Gasteiger partial charge in [0.05, 0.1) is 6.20 Å². The van der Waals surface area contributed by atoms with Crippen LogP contribution in [0.3, 0.4) is 0 Å². The van der Waals surface area contributed by atoms with E-state index >= 15 is 0 Å². The normalized spacial score (nSPS) is 9.81. The summed E-state index contributed by atoms with van der Waals surface area (Å²) in [5.74, 6) is -0.305. The van der Waals surface area contributed by atoms with Gasteiger partial charge in [-0.15, -0.1) is 0 Å². The van der Waals surface area contributed by atoms with Crippen molar-refractivity contribution in [3.63, 3.8) is 0 Å². The number of carbonyl (C=O) groups excluding carboxylic acids is 1. The molecule has 0 radical (unpaired) electrons. The van der Waals surface area contributed by atoms with E-state index in [9.17, 15) is 4.79 Å². The van der Waals surface area contributed by atoms with Crippen molar-refractivity contribution >= 4 is 17.3 Å². The second kappa shape index (κ2) is 4.43. The number of hydrogen-bond acceptors (Lipinski definition) is 5. The molecule has 0 aliphatic rings. The average molecular weight is 218 g/mol. The molecule has 0 aliphatic carbocycles. The monoisotopic (exact) mass is 218 g/mol. The minimum absolute atomic E-state index is 0.305. The Labute approximate surface area is 91.7 Å². The molecule has 2 aromatic rings. The van der Waals surface area contributed by atoms with Gasteiger partial charge in [0.25, 0.3) is 5.91 Å². The maximum absolute atomic E-state index is 11.7. The molecule has 0 unspecified atom stereocenters. The van der Waals surface area contributed by atoms with Gasteiger partial charge in [-0.05, 0) is 12.1 Å². The Morgan fingerprint density at radius 2 is 2.31 bits per heavy atom. The molecule has 82 valence electrons. The van der Waals surface area contributed by atoms with Crippen molar-refractivity contribution < 1.29 is 9.32 Å². The van der Waals surface area contributed by atoms with Crippen molar-refractivity contribution in [2.45, 2.75) is 0 Å². The van der Waals surface area contributed by atoms with Crippen LogP contribution >= 0.6 is 0 Å². The average Bonchev–Trinajstić information content (AvgIpc) is 2.82. The van der Waals surface area contributed by atoms with Gasteiger partial charge in [0.15, 0.2) is 0 Å². The largest absolute Gasteiger partial charge is 0.388 e. The fourth-order valence-electron chi connectivity index (χ4n) is 1.17. The van der Waals surface area contributed by atoms with Gasteiger partial charge < -0.3 is 15.2 Å². The highest BCUT2D eigenvalue weighted by Gasteiger charge is 2.08. The van der Waals surface area contributed by atoms with Crippen LogP contribution in [-0.4, -0.2) is 23.1 Å². The summed E-state index contributed by atoms with van der Waals surface area (Å²) in [7, 11) is 1.77. The molecule has 1 amide bonds. The van der Waals surface area contributed by atoms with E-state index in [0.29, 0.717) is 11.4 Å². The maximum Gasteiger partial charge on any atom is 0.274 e. The first-order valence-corrected chi connectivity index (χ1v) is 4.64. The molecule has 2 aromatic heterocycles. The number of nitrogens with one attached hydrogen (secondary N) is 2. The van der Waals surface area contributed by atoms with Crippen molar-refractivity contribution in [2.75, 3.05) is 17.7 Å². The van der Waals surface area contributed by atoms with Crippen LogP contribution < -0.4 is 10.6 Å². The molecule has 0 saturated heterocycles. The predicted octanol–water partition coefficient (Wildman–Crippen LogP) is 1.36. The molecule has 2 heterocycles. The second-order valence-electron chi connectivity index (χ2n) is 3.05. The van der Waals surface area contributed by atoms with E-state index in [4.69, 9.17) is 0 Å². The molecule has 0 fully saturated rings. The van der Waals surface area contributed by atoms with Crippen molar-refractivity contribution in [3.8, 4) is 0 Å².